The third kappa shape index (κ3) is 4.30. The van der Waals surface area contributed by atoms with E-state index >= 15 is 0 Å². The van der Waals surface area contributed by atoms with Gasteiger partial charge >= 0.3 is 0 Å². The van der Waals surface area contributed by atoms with Gasteiger partial charge in [0.2, 0.25) is 15.9 Å². The van der Waals surface area contributed by atoms with Crippen molar-refractivity contribution in [3.63, 3.8) is 0 Å². The predicted molar refractivity (Wildman–Crippen MR) is 84.6 cm³/mol. The summed E-state index contributed by atoms with van der Waals surface area (Å²) < 4.78 is 64.7. The Morgan fingerprint density at radius 3 is 2.76 bits per heavy atom. The van der Waals surface area contributed by atoms with Crippen LogP contribution < -0.4 is 9.46 Å². The molecule has 9 heteroatoms. The molecule has 0 radical (unpaired) electrons. The van der Waals surface area contributed by atoms with Gasteiger partial charge in [-0.1, -0.05) is 6.07 Å². The molecule has 1 fully saturated rings. The fourth-order valence-electron chi connectivity index (χ4n) is 2.45. The SMILES string of the molecule is O=S(=O)(N[C@@H]1COCC[C@H]1Oc1ccccn1)c1ccc(F)c(F)c1. The first kappa shape index (κ1) is 17.7. The normalized spacial score (nSPS) is 21.0. The lowest BCUT2D eigenvalue weighted by atomic mass is 10.1. The van der Waals surface area contributed by atoms with Gasteiger partial charge in [-0.2, -0.15) is 0 Å². The molecule has 25 heavy (non-hydrogen) atoms. The number of hydrogen-bond donors (Lipinski definition) is 1. The van der Waals surface area contributed by atoms with Crippen molar-refractivity contribution in [2.24, 2.45) is 0 Å². The molecule has 2 atom stereocenters. The first-order chi connectivity index (χ1) is 12.0. The highest BCUT2D eigenvalue weighted by Crippen LogP contribution is 2.19. The van der Waals surface area contributed by atoms with Crippen LogP contribution in [0.1, 0.15) is 6.42 Å². The smallest absolute Gasteiger partial charge is 0.241 e. The van der Waals surface area contributed by atoms with Crippen LogP contribution in [0.3, 0.4) is 0 Å². The van der Waals surface area contributed by atoms with Crippen LogP contribution in [0, 0.1) is 11.6 Å². The van der Waals surface area contributed by atoms with E-state index in [9.17, 15) is 17.2 Å². The lowest BCUT2D eigenvalue weighted by Crippen LogP contribution is -2.51. The molecule has 2 heterocycles. The average Bonchev–Trinajstić information content (AvgIpc) is 2.60. The van der Waals surface area contributed by atoms with Crippen LogP contribution in [0.4, 0.5) is 8.78 Å². The number of halogens is 2. The minimum absolute atomic E-state index is 0.0976. The van der Waals surface area contributed by atoms with E-state index in [0.29, 0.717) is 25.0 Å². The number of hydrogen-bond acceptors (Lipinski definition) is 5. The Bertz CT molecular complexity index is 833. The second kappa shape index (κ2) is 7.42. The summed E-state index contributed by atoms with van der Waals surface area (Å²) in [6.07, 6.45) is 1.53. The molecule has 6 nitrogen and oxygen atoms in total. The van der Waals surface area contributed by atoms with E-state index in [-0.39, 0.29) is 11.5 Å². The molecule has 1 aromatic heterocycles. The maximum Gasteiger partial charge on any atom is 0.241 e. The minimum atomic E-state index is -4.06. The number of rotatable bonds is 5. The van der Waals surface area contributed by atoms with Gasteiger partial charge in [-0.15, -0.1) is 0 Å². The quantitative estimate of drug-likeness (QED) is 0.870. The Kier molecular flexibility index (Phi) is 5.26. The zero-order valence-corrected chi connectivity index (χ0v) is 13.9. The fraction of sp³-hybridized carbons (Fsp3) is 0.312. The molecule has 0 spiro atoms. The largest absolute Gasteiger partial charge is 0.472 e. The highest BCUT2D eigenvalue weighted by molar-refractivity contribution is 7.89. The topological polar surface area (TPSA) is 77.5 Å². The van der Waals surface area contributed by atoms with Gasteiger partial charge in [-0.05, 0) is 24.3 Å². The first-order valence-electron chi connectivity index (χ1n) is 7.58. The van der Waals surface area contributed by atoms with Crippen molar-refractivity contribution in [2.75, 3.05) is 13.2 Å². The number of ether oxygens (including phenoxy) is 2. The molecule has 0 saturated carbocycles. The Morgan fingerprint density at radius 1 is 1.20 bits per heavy atom. The number of nitrogens with one attached hydrogen (secondary N) is 1. The Balaban J connectivity index is 1.77. The fourth-order valence-corrected chi connectivity index (χ4v) is 3.71. The number of aromatic nitrogens is 1. The summed E-state index contributed by atoms with van der Waals surface area (Å²) in [7, 11) is -4.06. The molecule has 3 rings (SSSR count). The highest BCUT2D eigenvalue weighted by atomic mass is 32.2. The van der Waals surface area contributed by atoms with Crippen molar-refractivity contribution in [3.8, 4) is 5.88 Å². The van der Waals surface area contributed by atoms with E-state index in [2.05, 4.69) is 9.71 Å². The molecule has 0 aliphatic carbocycles. The van der Waals surface area contributed by atoms with Crippen LogP contribution in [0.5, 0.6) is 5.88 Å². The van der Waals surface area contributed by atoms with Crippen LogP contribution in [0.15, 0.2) is 47.5 Å². The molecule has 134 valence electrons. The third-order valence-electron chi connectivity index (χ3n) is 3.71. The van der Waals surface area contributed by atoms with E-state index in [1.165, 1.54) is 0 Å². The summed E-state index contributed by atoms with van der Waals surface area (Å²) in [6, 6.07) is 6.87. The van der Waals surface area contributed by atoms with E-state index in [1.807, 2.05) is 0 Å². The van der Waals surface area contributed by atoms with Gasteiger partial charge in [-0.25, -0.2) is 26.9 Å². The molecule has 1 aromatic carbocycles. The van der Waals surface area contributed by atoms with Gasteiger partial charge in [0.25, 0.3) is 0 Å². The third-order valence-corrected chi connectivity index (χ3v) is 5.20. The standard InChI is InChI=1S/C16H16F2N2O4S/c17-12-5-4-11(9-13(12)18)25(21,22)20-14-10-23-8-6-15(14)24-16-3-1-2-7-19-16/h1-5,7,9,14-15,20H,6,8,10H2/t14-,15-/m1/s1. The molecule has 0 unspecified atom stereocenters. The zero-order valence-electron chi connectivity index (χ0n) is 13.1. The van der Waals surface area contributed by atoms with E-state index < -0.39 is 33.8 Å². The molecule has 2 aromatic rings. The van der Waals surface area contributed by atoms with Crippen molar-refractivity contribution < 1.29 is 26.7 Å². The number of nitrogens with zero attached hydrogens (tertiary/aromatic N) is 1. The summed E-state index contributed by atoms with van der Waals surface area (Å²) in [4.78, 5) is 3.68. The Labute approximate surface area is 143 Å². The van der Waals surface area contributed by atoms with Gasteiger partial charge < -0.3 is 9.47 Å². The molecule has 0 amide bonds. The summed E-state index contributed by atoms with van der Waals surface area (Å²) in [6.45, 7) is 0.515. The molecular weight excluding hydrogens is 354 g/mol. The molecule has 1 saturated heterocycles. The van der Waals surface area contributed by atoms with Crippen molar-refractivity contribution >= 4 is 10.0 Å². The zero-order chi connectivity index (χ0) is 17.9. The number of sulfonamides is 1. The monoisotopic (exact) mass is 370 g/mol. The van der Waals surface area contributed by atoms with Crippen LogP contribution in [-0.4, -0.2) is 38.8 Å². The van der Waals surface area contributed by atoms with Crippen LogP contribution in [-0.2, 0) is 14.8 Å². The summed E-state index contributed by atoms with van der Waals surface area (Å²) in [5, 5.41) is 0. The lowest BCUT2D eigenvalue weighted by Gasteiger charge is -2.31. The summed E-state index contributed by atoms with van der Waals surface area (Å²) >= 11 is 0. The Hall–Kier alpha value is -2.10. The van der Waals surface area contributed by atoms with Gasteiger partial charge in [0.15, 0.2) is 11.6 Å². The maximum absolute atomic E-state index is 13.3. The molecular formula is C16H16F2N2O4S. The molecule has 1 N–H and O–H groups in total. The molecule has 0 bridgehead atoms. The van der Waals surface area contributed by atoms with E-state index in [4.69, 9.17) is 9.47 Å². The highest BCUT2D eigenvalue weighted by Gasteiger charge is 2.32. The maximum atomic E-state index is 13.3. The second-order valence-electron chi connectivity index (χ2n) is 5.49. The minimum Gasteiger partial charge on any atom is -0.472 e. The molecule has 1 aliphatic heterocycles. The van der Waals surface area contributed by atoms with Crippen molar-refractivity contribution in [3.05, 3.63) is 54.2 Å². The number of benzene rings is 1. The summed E-state index contributed by atoms with van der Waals surface area (Å²) in [5.74, 6) is -1.98. The van der Waals surface area contributed by atoms with Crippen LogP contribution in [0.25, 0.3) is 0 Å². The predicted octanol–water partition coefficient (Wildman–Crippen LogP) is 1.87. The van der Waals surface area contributed by atoms with Gasteiger partial charge in [-0.3, -0.25) is 0 Å². The lowest BCUT2D eigenvalue weighted by molar-refractivity contribution is 0.00150. The second-order valence-corrected chi connectivity index (χ2v) is 7.21. The number of pyridine rings is 1. The van der Waals surface area contributed by atoms with Crippen molar-refractivity contribution in [2.45, 2.75) is 23.5 Å². The van der Waals surface area contributed by atoms with Crippen molar-refractivity contribution in [1.29, 1.82) is 0 Å². The van der Waals surface area contributed by atoms with Crippen LogP contribution in [0.2, 0.25) is 0 Å². The van der Waals surface area contributed by atoms with E-state index in [1.54, 1.807) is 24.4 Å². The van der Waals surface area contributed by atoms with Crippen molar-refractivity contribution in [1.82, 2.24) is 9.71 Å². The Morgan fingerprint density at radius 2 is 2.04 bits per heavy atom. The average molecular weight is 370 g/mol. The summed E-state index contributed by atoms with van der Waals surface area (Å²) in [5.41, 5.74) is 0. The van der Waals surface area contributed by atoms with Gasteiger partial charge in [0, 0.05) is 18.7 Å². The first-order valence-corrected chi connectivity index (χ1v) is 9.07. The molecule has 1 aliphatic rings. The van der Waals surface area contributed by atoms with Gasteiger partial charge in [0.1, 0.15) is 6.10 Å². The van der Waals surface area contributed by atoms with E-state index in [0.717, 1.165) is 12.1 Å². The van der Waals surface area contributed by atoms with Gasteiger partial charge in [0.05, 0.1) is 24.2 Å². The van der Waals surface area contributed by atoms with Crippen LogP contribution >= 0.6 is 0 Å².